The van der Waals surface area contributed by atoms with E-state index in [2.05, 4.69) is 35.2 Å². The Labute approximate surface area is 139 Å². The van der Waals surface area contributed by atoms with Crippen molar-refractivity contribution in [3.8, 4) is 11.4 Å². The molecule has 0 saturated carbocycles. The second-order valence-corrected chi connectivity index (χ2v) is 5.65. The van der Waals surface area contributed by atoms with Gasteiger partial charge in [0.1, 0.15) is 6.67 Å². The molecule has 122 valence electrons. The van der Waals surface area contributed by atoms with Crippen LogP contribution >= 0.6 is 0 Å². The zero-order valence-corrected chi connectivity index (χ0v) is 13.2. The van der Waals surface area contributed by atoms with Gasteiger partial charge in [0.15, 0.2) is 0 Å². The summed E-state index contributed by atoms with van der Waals surface area (Å²) in [6.07, 6.45) is 3.55. The fraction of sp³-hybridized carbons (Fsp3) is 0.312. The molecule has 4 rings (SSSR count). The summed E-state index contributed by atoms with van der Waals surface area (Å²) in [7, 11) is 0. The number of rotatable bonds is 4. The zero-order valence-electron chi connectivity index (χ0n) is 13.2. The quantitative estimate of drug-likeness (QED) is 0.706. The molecule has 3 heterocycles. The molecule has 2 aromatic heterocycles. The molecule has 24 heavy (non-hydrogen) atoms. The predicted octanol–water partition coefficient (Wildman–Crippen LogP) is 0.910. The highest BCUT2D eigenvalue weighted by atomic mass is 15.6. The molecule has 0 N–H and O–H groups in total. The van der Waals surface area contributed by atoms with Crippen LogP contribution in [-0.4, -0.2) is 61.3 Å². The topological polar surface area (TPSA) is 75.9 Å². The third-order valence-corrected chi connectivity index (χ3v) is 4.02. The van der Waals surface area contributed by atoms with E-state index in [1.165, 1.54) is 0 Å². The second kappa shape index (κ2) is 6.71. The normalized spacial score (nSPS) is 15.6. The van der Waals surface area contributed by atoms with Crippen molar-refractivity contribution in [3.05, 3.63) is 48.8 Å². The van der Waals surface area contributed by atoms with E-state index in [0.29, 0.717) is 12.5 Å². The maximum atomic E-state index is 4.47. The summed E-state index contributed by atoms with van der Waals surface area (Å²) < 4.78 is 0. The molecule has 8 nitrogen and oxygen atoms in total. The SMILES string of the molecule is c1ccc(-c2nnn(CN3CCN(c4ncccn4)CC3)n2)cc1. The van der Waals surface area contributed by atoms with E-state index in [9.17, 15) is 0 Å². The first-order valence-electron chi connectivity index (χ1n) is 7.96. The molecule has 0 amide bonds. The molecule has 1 saturated heterocycles. The maximum absolute atomic E-state index is 4.47. The van der Waals surface area contributed by atoms with Gasteiger partial charge in [0, 0.05) is 44.1 Å². The van der Waals surface area contributed by atoms with Gasteiger partial charge in [-0.15, -0.1) is 15.0 Å². The minimum absolute atomic E-state index is 0.642. The Hall–Kier alpha value is -2.87. The van der Waals surface area contributed by atoms with Crippen molar-refractivity contribution in [2.75, 3.05) is 31.1 Å². The largest absolute Gasteiger partial charge is 0.338 e. The van der Waals surface area contributed by atoms with E-state index < -0.39 is 0 Å². The number of nitrogens with zero attached hydrogens (tertiary/aromatic N) is 8. The molecular formula is C16H18N8. The lowest BCUT2D eigenvalue weighted by atomic mass is 10.2. The van der Waals surface area contributed by atoms with Gasteiger partial charge in [-0.3, -0.25) is 4.90 Å². The highest BCUT2D eigenvalue weighted by Gasteiger charge is 2.19. The summed E-state index contributed by atoms with van der Waals surface area (Å²) >= 11 is 0. The fourth-order valence-electron chi connectivity index (χ4n) is 2.73. The lowest BCUT2D eigenvalue weighted by molar-refractivity contribution is 0.181. The van der Waals surface area contributed by atoms with E-state index in [4.69, 9.17) is 0 Å². The molecule has 0 bridgehead atoms. The van der Waals surface area contributed by atoms with Crippen molar-refractivity contribution in [2.24, 2.45) is 0 Å². The lowest BCUT2D eigenvalue weighted by Gasteiger charge is -2.33. The van der Waals surface area contributed by atoms with Gasteiger partial charge in [-0.05, 0) is 11.3 Å². The molecular weight excluding hydrogens is 304 g/mol. The Morgan fingerprint density at radius 1 is 0.875 bits per heavy atom. The first-order chi connectivity index (χ1) is 11.9. The van der Waals surface area contributed by atoms with Crippen LogP contribution in [0.25, 0.3) is 11.4 Å². The third-order valence-electron chi connectivity index (χ3n) is 4.02. The van der Waals surface area contributed by atoms with Gasteiger partial charge in [0.2, 0.25) is 11.8 Å². The van der Waals surface area contributed by atoms with E-state index in [-0.39, 0.29) is 0 Å². The summed E-state index contributed by atoms with van der Waals surface area (Å²) in [4.78, 5) is 14.8. The van der Waals surface area contributed by atoms with Crippen LogP contribution < -0.4 is 4.90 Å². The van der Waals surface area contributed by atoms with Gasteiger partial charge < -0.3 is 4.90 Å². The highest BCUT2D eigenvalue weighted by molar-refractivity contribution is 5.52. The van der Waals surface area contributed by atoms with E-state index >= 15 is 0 Å². The fourth-order valence-corrected chi connectivity index (χ4v) is 2.73. The Balaban J connectivity index is 1.35. The van der Waals surface area contributed by atoms with Gasteiger partial charge in [-0.25, -0.2) is 9.97 Å². The number of benzene rings is 1. The lowest BCUT2D eigenvalue weighted by Crippen LogP contribution is -2.47. The number of aromatic nitrogens is 6. The molecule has 8 heteroatoms. The summed E-state index contributed by atoms with van der Waals surface area (Å²) in [6, 6.07) is 11.7. The van der Waals surface area contributed by atoms with Crippen LogP contribution in [-0.2, 0) is 6.67 Å². The average Bonchev–Trinajstić information content (AvgIpc) is 3.12. The van der Waals surface area contributed by atoms with E-state index in [0.717, 1.165) is 37.7 Å². The molecule has 1 aromatic carbocycles. The highest BCUT2D eigenvalue weighted by Crippen LogP contribution is 2.13. The second-order valence-electron chi connectivity index (χ2n) is 5.65. The van der Waals surface area contributed by atoms with E-state index in [1.807, 2.05) is 36.4 Å². The van der Waals surface area contributed by atoms with Crippen molar-refractivity contribution in [2.45, 2.75) is 6.67 Å². The molecule has 1 fully saturated rings. The van der Waals surface area contributed by atoms with Crippen LogP contribution in [0.15, 0.2) is 48.8 Å². The van der Waals surface area contributed by atoms with Gasteiger partial charge in [-0.1, -0.05) is 30.3 Å². The van der Waals surface area contributed by atoms with Crippen LogP contribution in [0.4, 0.5) is 5.95 Å². The van der Waals surface area contributed by atoms with Crippen LogP contribution in [0.5, 0.6) is 0 Å². The number of piperazine rings is 1. The van der Waals surface area contributed by atoms with E-state index in [1.54, 1.807) is 17.2 Å². The summed E-state index contributed by atoms with van der Waals surface area (Å²) in [5, 5.41) is 12.8. The van der Waals surface area contributed by atoms with Crippen molar-refractivity contribution in [3.63, 3.8) is 0 Å². The van der Waals surface area contributed by atoms with Crippen molar-refractivity contribution < 1.29 is 0 Å². The van der Waals surface area contributed by atoms with Crippen molar-refractivity contribution in [1.29, 1.82) is 0 Å². The third kappa shape index (κ3) is 3.23. The van der Waals surface area contributed by atoms with Crippen LogP contribution in [0.2, 0.25) is 0 Å². The van der Waals surface area contributed by atoms with Crippen LogP contribution in [0.3, 0.4) is 0 Å². The predicted molar refractivity (Wildman–Crippen MR) is 89.1 cm³/mol. The number of hydrogen-bond acceptors (Lipinski definition) is 7. The standard InChI is InChI=1S/C16H18N8/c1-2-5-14(6-3-1)15-19-21-24(20-15)13-22-9-11-23(12-10-22)16-17-7-4-8-18-16/h1-8H,9-13H2. The Morgan fingerprint density at radius 2 is 1.62 bits per heavy atom. The van der Waals surface area contributed by atoms with Crippen molar-refractivity contribution >= 4 is 5.95 Å². The minimum Gasteiger partial charge on any atom is -0.338 e. The first-order valence-corrected chi connectivity index (χ1v) is 7.96. The smallest absolute Gasteiger partial charge is 0.225 e. The summed E-state index contributed by atoms with van der Waals surface area (Å²) in [6.45, 7) is 4.26. The monoisotopic (exact) mass is 322 g/mol. The first kappa shape index (κ1) is 14.7. The van der Waals surface area contributed by atoms with Crippen molar-refractivity contribution in [1.82, 2.24) is 35.1 Å². The molecule has 3 aromatic rings. The van der Waals surface area contributed by atoms with Gasteiger partial charge in [0.05, 0.1) is 0 Å². The Kier molecular flexibility index (Phi) is 4.11. The number of anilines is 1. The molecule has 1 aliphatic heterocycles. The van der Waals surface area contributed by atoms with Gasteiger partial charge in [0.25, 0.3) is 0 Å². The van der Waals surface area contributed by atoms with Gasteiger partial charge in [-0.2, -0.15) is 0 Å². The molecule has 0 atom stereocenters. The minimum atomic E-state index is 0.642. The maximum Gasteiger partial charge on any atom is 0.225 e. The molecule has 0 unspecified atom stereocenters. The molecule has 0 spiro atoms. The summed E-state index contributed by atoms with van der Waals surface area (Å²) in [5.41, 5.74) is 0.981. The molecule has 1 aliphatic rings. The zero-order chi connectivity index (χ0) is 16.2. The summed E-state index contributed by atoms with van der Waals surface area (Å²) in [5.74, 6) is 1.45. The van der Waals surface area contributed by atoms with Crippen LogP contribution in [0.1, 0.15) is 0 Å². The van der Waals surface area contributed by atoms with Gasteiger partial charge >= 0.3 is 0 Å². The van der Waals surface area contributed by atoms with Crippen LogP contribution in [0, 0.1) is 0 Å². The Bertz CT molecular complexity index is 765. The Morgan fingerprint density at radius 3 is 2.38 bits per heavy atom. The molecule has 0 radical (unpaired) electrons. The number of hydrogen-bond donors (Lipinski definition) is 0. The molecule has 0 aliphatic carbocycles. The number of tetrazole rings is 1. The average molecular weight is 322 g/mol.